The van der Waals surface area contributed by atoms with Gasteiger partial charge < -0.3 is 5.32 Å². The molecule has 92 valence electrons. The number of hydrogen-bond donors (Lipinski definition) is 1. The van der Waals surface area contributed by atoms with Crippen LogP contribution in [0.15, 0.2) is 11.5 Å². The molecule has 1 N–H and O–H groups in total. The van der Waals surface area contributed by atoms with Crippen molar-refractivity contribution in [2.75, 3.05) is 25.4 Å². The van der Waals surface area contributed by atoms with Crippen LogP contribution in [-0.2, 0) is 9.84 Å². The quantitative estimate of drug-likeness (QED) is 0.724. The number of nitrogens with one attached hydrogen (secondary N) is 1. The van der Waals surface area contributed by atoms with E-state index in [0.717, 1.165) is 26.1 Å². The van der Waals surface area contributed by atoms with Crippen molar-refractivity contribution in [1.29, 1.82) is 0 Å². The van der Waals surface area contributed by atoms with E-state index in [9.17, 15) is 8.42 Å². The number of nitrogens with zero attached hydrogens (tertiary/aromatic N) is 1. The van der Waals surface area contributed by atoms with Gasteiger partial charge in [0.2, 0.25) is 0 Å². The normalized spacial score (nSPS) is 33.8. The third kappa shape index (κ3) is 2.84. The van der Waals surface area contributed by atoms with Crippen LogP contribution in [0.25, 0.3) is 0 Å². The second kappa shape index (κ2) is 4.13. The minimum Gasteiger partial charge on any atom is -0.310 e. The van der Waals surface area contributed by atoms with Crippen molar-refractivity contribution < 1.29 is 8.42 Å². The van der Waals surface area contributed by atoms with Crippen molar-refractivity contribution in [3.05, 3.63) is 11.5 Å². The number of hydrogen-bond acceptors (Lipinski definition) is 4. The Morgan fingerprint density at radius 2 is 2.19 bits per heavy atom. The lowest BCUT2D eigenvalue weighted by Gasteiger charge is -2.32. The monoisotopic (exact) mass is 244 g/mol. The molecule has 2 aliphatic rings. The maximum Gasteiger partial charge on any atom is 0.173 e. The summed E-state index contributed by atoms with van der Waals surface area (Å²) < 4.78 is 22.8. The van der Waals surface area contributed by atoms with E-state index in [1.165, 1.54) is 5.41 Å². The van der Waals surface area contributed by atoms with Gasteiger partial charge in [-0.25, -0.2) is 8.42 Å². The third-order valence-electron chi connectivity index (χ3n) is 3.20. The Balaban J connectivity index is 2.07. The molecule has 0 aromatic heterocycles. The molecular formula is C11H20N2O2S. The van der Waals surface area contributed by atoms with Gasteiger partial charge in [0.15, 0.2) is 9.84 Å². The van der Waals surface area contributed by atoms with Gasteiger partial charge in [0.25, 0.3) is 0 Å². The smallest absolute Gasteiger partial charge is 0.173 e. The van der Waals surface area contributed by atoms with Crippen molar-refractivity contribution >= 4 is 9.84 Å². The van der Waals surface area contributed by atoms with E-state index in [0.29, 0.717) is 0 Å². The Hall–Kier alpha value is -0.390. The van der Waals surface area contributed by atoms with Crippen LogP contribution in [0.5, 0.6) is 0 Å². The van der Waals surface area contributed by atoms with Gasteiger partial charge in [-0.15, -0.1) is 0 Å². The maximum atomic E-state index is 11.4. The van der Waals surface area contributed by atoms with Crippen LogP contribution in [0.1, 0.15) is 20.3 Å². The fourth-order valence-corrected chi connectivity index (χ4v) is 3.75. The Kier molecular flexibility index (Phi) is 3.11. The molecule has 16 heavy (non-hydrogen) atoms. The van der Waals surface area contributed by atoms with Crippen molar-refractivity contribution in [2.45, 2.75) is 31.8 Å². The van der Waals surface area contributed by atoms with Crippen molar-refractivity contribution in [2.24, 2.45) is 0 Å². The zero-order valence-corrected chi connectivity index (χ0v) is 10.8. The molecule has 0 aliphatic carbocycles. The summed E-state index contributed by atoms with van der Waals surface area (Å²) in [6, 6.07) is 0.0733. The average Bonchev–Trinajstić information content (AvgIpc) is 2.40. The van der Waals surface area contributed by atoms with Gasteiger partial charge >= 0.3 is 0 Å². The molecule has 0 aromatic carbocycles. The van der Waals surface area contributed by atoms with Crippen LogP contribution < -0.4 is 5.32 Å². The first kappa shape index (κ1) is 12.1. The lowest BCUT2D eigenvalue weighted by atomic mass is 10.0. The van der Waals surface area contributed by atoms with Crippen LogP contribution in [0.4, 0.5) is 0 Å². The number of sulfone groups is 1. The molecule has 2 heterocycles. The molecule has 5 heteroatoms. The van der Waals surface area contributed by atoms with Gasteiger partial charge in [-0.05, 0) is 26.8 Å². The van der Waals surface area contributed by atoms with E-state index in [1.807, 2.05) is 6.08 Å². The van der Waals surface area contributed by atoms with E-state index in [-0.39, 0.29) is 17.3 Å². The van der Waals surface area contributed by atoms with Gasteiger partial charge in [-0.2, -0.15) is 0 Å². The summed E-state index contributed by atoms with van der Waals surface area (Å²) in [7, 11) is -2.94. The molecule has 0 aromatic rings. The van der Waals surface area contributed by atoms with Crippen molar-refractivity contribution in [3.63, 3.8) is 0 Å². The van der Waals surface area contributed by atoms with E-state index >= 15 is 0 Å². The summed E-state index contributed by atoms with van der Waals surface area (Å²) in [6.45, 7) is 7.21. The van der Waals surface area contributed by atoms with Crippen molar-refractivity contribution in [3.8, 4) is 0 Å². The summed E-state index contributed by atoms with van der Waals surface area (Å²) >= 11 is 0. The number of rotatable bonds is 1. The Morgan fingerprint density at radius 3 is 2.81 bits per heavy atom. The van der Waals surface area contributed by atoms with Crippen LogP contribution in [-0.4, -0.2) is 50.3 Å². The predicted molar refractivity (Wildman–Crippen MR) is 65.0 cm³/mol. The molecule has 0 saturated carbocycles. The fraction of sp³-hybridized carbons (Fsp3) is 0.818. The second-order valence-corrected chi connectivity index (χ2v) is 7.29. The predicted octanol–water partition coefficient (Wildman–Crippen LogP) is 0.371. The summed E-state index contributed by atoms with van der Waals surface area (Å²) in [6.07, 6.45) is 2.91. The van der Waals surface area contributed by atoms with E-state index in [4.69, 9.17) is 0 Å². The maximum absolute atomic E-state index is 11.4. The van der Waals surface area contributed by atoms with Gasteiger partial charge in [0.05, 0.1) is 5.75 Å². The summed E-state index contributed by atoms with van der Waals surface area (Å²) in [5.74, 6) is 0.253. The van der Waals surface area contributed by atoms with Crippen LogP contribution in [0, 0.1) is 0 Å². The van der Waals surface area contributed by atoms with Gasteiger partial charge in [0.1, 0.15) is 0 Å². The minimum absolute atomic E-state index is 0.0662. The minimum atomic E-state index is -2.94. The molecule has 4 nitrogen and oxygen atoms in total. The van der Waals surface area contributed by atoms with E-state index in [2.05, 4.69) is 24.1 Å². The SMILES string of the molecule is CC1(C)CN(C2C=CS(=O)(=O)C2)CCCN1. The molecule has 0 radical (unpaired) electrons. The molecule has 1 atom stereocenters. The van der Waals surface area contributed by atoms with Crippen LogP contribution >= 0.6 is 0 Å². The van der Waals surface area contributed by atoms with Crippen LogP contribution in [0.3, 0.4) is 0 Å². The highest BCUT2D eigenvalue weighted by atomic mass is 32.2. The first-order chi connectivity index (χ1) is 7.38. The highest BCUT2D eigenvalue weighted by molar-refractivity contribution is 7.94. The Labute approximate surface area is 97.6 Å². The lowest BCUT2D eigenvalue weighted by molar-refractivity contribution is 0.208. The highest BCUT2D eigenvalue weighted by Gasteiger charge is 2.32. The molecule has 2 rings (SSSR count). The topological polar surface area (TPSA) is 49.4 Å². The summed E-state index contributed by atoms with van der Waals surface area (Å²) in [5, 5.41) is 4.84. The first-order valence-corrected chi connectivity index (χ1v) is 7.50. The summed E-state index contributed by atoms with van der Waals surface area (Å²) in [4.78, 5) is 2.28. The first-order valence-electron chi connectivity index (χ1n) is 5.78. The summed E-state index contributed by atoms with van der Waals surface area (Å²) in [5.41, 5.74) is 0.0662. The molecule has 2 aliphatic heterocycles. The molecular weight excluding hydrogens is 224 g/mol. The standard InChI is InChI=1S/C11H20N2O2S/c1-11(2)9-13(6-3-5-12-11)10-4-7-16(14,15)8-10/h4,7,10,12H,3,5-6,8-9H2,1-2H3. The molecule has 0 bridgehead atoms. The highest BCUT2D eigenvalue weighted by Crippen LogP contribution is 2.19. The third-order valence-corrected chi connectivity index (χ3v) is 4.58. The zero-order valence-electron chi connectivity index (χ0n) is 9.94. The molecule has 1 fully saturated rings. The Bertz CT molecular complexity index is 387. The average molecular weight is 244 g/mol. The van der Waals surface area contributed by atoms with E-state index in [1.54, 1.807) is 0 Å². The van der Waals surface area contributed by atoms with Crippen LogP contribution in [0.2, 0.25) is 0 Å². The molecule has 1 unspecified atom stereocenters. The van der Waals surface area contributed by atoms with E-state index < -0.39 is 9.84 Å². The van der Waals surface area contributed by atoms with Gasteiger partial charge in [0, 0.05) is 30.1 Å². The fourth-order valence-electron chi connectivity index (χ4n) is 2.42. The largest absolute Gasteiger partial charge is 0.310 e. The van der Waals surface area contributed by atoms with Gasteiger partial charge in [-0.3, -0.25) is 4.90 Å². The Morgan fingerprint density at radius 1 is 1.44 bits per heavy atom. The lowest BCUT2D eigenvalue weighted by Crippen LogP contribution is -2.49. The van der Waals surface area contributed by atoms with Gasteiger partial charge in [-0.1, -0.05) is 6.08 Å². The molecule has 0 spiro atoms. The van der Waals surface area contributed by atoms with Crippen molar-refractivity contribution in [1.82, 2.24) is 10.2 Å². The zero-order chi connectivity index (χ0) is 11.8. The molecule has 0 amide bonds. The second-order valence-electron chi connectivity index (χ2n) is 5.36. The molecule has 1 saturated heterocycles.